The van der Waals surface area contributed by atoms with Gasteiger partial charge in [0.25, 0.3) is 0 Å². The number of carbonyl (C=O) groups excluding carboxylic acids is 2. The first kappa shape index (κ1) is 14.8. The van der Waals surface area contributed by atoms with Crippen molar-refractivity contribution >= 4 is 12.2 Å². The number of amides is 2. The lowest BCUT2D eigenvalue weighted by atomic mass is 10.1. The van der Waals surface area contributed by atoms with E-state index < -0.39 is 18.3 Å². The van der Waals surface area contributed by atoms with Crippen LogP contribution in [0.3, 0.4) is 0 Å². The average Bonchev–Trinajstić information content (AvgIpc) is 2.88. The number of nitrogens with one attached hydrogen (secondary N) is 2. The molecule has 1 atom stereocenters. The first-order chi connectivity index (χ1) is 11.1. The van der Waals surface area contributed by atoms with Crippen LogP contribution >= 0.6 is 0 Å². The molecule has 2 amide bonds. The minimum absolute atomic E-state index is 0.324. The SMILES string of the molecule is NNC(=O)Oc1ccc2c(c1)-c1ccccc1C2OC(=O)NN. The van der Waals surface area contributed by atoms with Crippen molar-refractivity contribution < 1.29 is 19.1 Å². The zero-order valence-electron chi connectivity index (χ0n) is 11.9. The largest absolute Gasteiger partial charge is 0.435 e. The molecule has 2 aromatic rings. The molecule has 23 heavy (non-hydrogen) atoms. The highest BCUT2D eigenvalue weighted by atomic mass is 16.6. The Hall–Kier alpha value is -3.10. The molecule has 1 unspecified atom stereocenters. The maximum absolute atomic E-state index is 11.5. The Bertz CT molecular complexity index is 778. The lowest BCUT2D eigenvalue weighted by Crippen LogP contribution is -2.32. The number of hydrazine groups is 2. The lowest BCUT2D eigenvalue weighted by Gasteiger charge is -2.14. The second-order valence-corrected chi connectivity index (χ2v) is 4.80. The number of hydrogen-bond acceptors (Lipinski definition) is 6. The molecule has 0 saturated carbocycles. The average molecular weight is 314 g/mol. The molecular formula is C15H14N4O4. The smallest absolute Gasteiger partial charge is 0.426 e. The minimum atomic E-state index is -0.772. The van der Waals surface area contributed by atoms with E-state index in [1.165, 1.54) is 0 Å². The molecule has 8 heteroatoms. The van der Waals surface area contributed by atoms with E-state index in [0.717, 1.165) is 22.3 Å². The van der Waals surface area contributed by atoms with Crippen LogP contribution in [0.1, 0.15) is 17.2 Å². The first-order valence-corrected chi connectivity index (χ1v) is 6.73. The molecule has 0 bridgehead atoms. The maximum atomic E-state index is 11.5. The van der Waals surface area contributed by atoms with Gasteiger partial charge in [0.2, 0.25) is 0 Å². The Labute approximate surface area is 131 Å². The molecule has 3 rings (SSSR count). The standard InChI is InChI=1S/C15H14N4O4/c16-18-14(20)22-8-5-6-11-12(7-8)9-3-1-2-4-10(9)13(11)23-15(21)19-17/h1-7,13H,16-17H2,(H,18,20)(H,19,21). The molecule has 0 fully saturated rings. The summed E-state index contributed by atoms with van der Waals surface area (Å²) in [5, 5.41) is 0. The van der Waals surface area contributed by atoms with Crippen LogP contribution in [-0.4, -0.2) is 12.2 Å². The molecule has 6 N–H and O–H groups in total. The summed E-state index contributed by atoms with van der Waals surface area (Å²) in [6.07, 6.45) is -2.09. The van der Waals surface area contributed by atoms with E-state index >= 15 is 0 Å². The Morgan fingerprint density at radius 1 is 0.913 bits per heavy atom. The number of benzene rings is 2. The van der Waals surface area contributed by atoms with Gasteiger partial charge in [-0.25, -0.2) is 21.3 Å². The monoisotopic (exact) mass is 314 g/mol. The Kier molecular flexibility index (Phi) is 3.83. The molecule has 0 spiro atoms. The Balaban J connectivity index is 2.03. The van der Waals surface area contributed by atoms with E-state index in [9.17, 15) is 9.59 Å². The Morgan fingerprint density at radius 3 is 2.35 bits per heavy atom. The number of fused-ring (bicyclic) bond motifs is 3. The third kappa shape index (κ3) is 2.68. The van der Waals surface area contributed by atoms with Gasteiger partial charge < -0.3 is 9.47 Å². The van der Waals surface area contributed by atoms with Gasteiger partial charge in [0.1, 0.15) is 5.75 Å². The number of hydrogen-bond donors (Lipinski definition) is 4. The molecule has 118 valence electrons. The van der Waals surface area contributed by atoms with Crippen LogP contribution in [0.4, 0.5) is 9.59 Å². The van der Waals surface area contributed by atoms with Gasteiger partial charge in [-0.2, -0.15) is 0 Å². The van der Waals surface area contributed by atoms with Gasteiger partial charge in [0.05, 0.1) is 0 Å². The van der Waals surface area contributed by atoms with Gasteiger partial charge in [0.15, 0.2) is 6.10 Å². The maximum Gasteiger partial charge on any atom is 0.426 e. The van der Waals surface area contributed by atoms with Crippen molar-refractivity contribution in [2.75, 3.05) is 0 Å². The number of ether oxygens (including phenoxy) is 2. The zero-order chi connectivity index (χ0) is 16.4. The lowest BCUT2D eigenvalue weighted by molar-refractivity contribution is 0.118. The zero-order valence-corrected chi connectivity index (χ0v) is 11.9. The highest BCUT2D eigenvalue weighted by Gasteiger charge is 2.31. The van der Waals surface area contributed by atoms with E-state index in [4.69, 9.17) is 21.2 Å². The summed E-state index contributed by atoms with van der Waals surface area (Å²) in [6, 6.07) is 12.5. The summed E-state index contributed by atoms with van der Waals surface area (Å²) < 4.78 is 10.4. The summed E-state index contributed by atoms with van der Waals surface area (Å²) in [4.78, 5) is 22.7. The predicted molar refractivity (Wildman–Crippen MR) is 80.9 cm³/mol. The topological polar surface area (TPSA) is 129 Å². The van der Waals surface area contributed by atoms with Crippen molar-refractivity contribution in [2.24, 2.45) is 11.7 Å². The molecule has 0 radical (unpaired) electrons. The van der Waals surface area contributed by atoms with Crippen LogP contribution in [0.2, 0.25) is 0 Å². The van der Waals surface area contributed by atoms with Crippen molar-refractivity contribution in [3.63, 3.8) is 0 Å². The van der Waals surface area contributed by atoms with Gasteiger partial charge >= 0.3 is 12.2 Å². The number of nitrogens with two attached hydrogens (primary N) is 2. The highest BCUT2D eigenvalue weighted by Crippen LogP contribution is 2.46. The first-order valence-electron chi connectivity index (χ1n) is 6.73. The predicted octanol–water partition coefficient (Wildman–Crippen LogP) is 1.32. The van der Waals surface area contributed by atoms with Gasteiger partial charge in [0, 0.05) is 11.1 Å². The molecule has 1 aliphatic rings. The van der Waals surface area contributed by atoms with Crippen LogP contribution in [0.15, 0.2) is 42.5 Å². The molecular weight excluding hydrogens is 300 g/mol. The summed E-state index contributed by atoms with van der Waals surface area (Å²) in [7, 11) is 0. The van der Waals surface area contributed by atoms with E-state index in [1.54, 1.807) is 18.2 Å². The minimum Gasteiger partial charge on any atom is -0.435 e. The number of rotatable bonds is 2. The fourth-order valence-corrected chi connectivity index (χ4v) is 2.60. The summed E-state index contributed by atoms with van der Waals surface area (Å²) in [6.45, 7) is 0. The van der Waals surface area contributed by atoms with Crippen molar-refractivity contribution in [2.45, 2.75) is 6.10 Å². The van der Waals surface area contributed by atoms with Gasteiger partial charge in [-0.15, -0.1) is 0 Å². The third-order valence-corrected chi connectivity index (χ3v) is 3.51. The third-order valence-electron chi connectivity index (χ3n) is 3.51. The molecule has 0 aromatic heterocycles. The van der Waals surface area contributed by atoms with Crippen molar-refractivity contribution in [3.8, 4) is 16.9 Å². The fourth-order valence-electron chi connectivity index (χ4n) is 2.60. The van der Waals surface area contributed by atoms with Gasteiger partial charge in [-0.05, 0) is 23.3 Å². The quantitative estimate of drug-likeness (QED) is 0.376. The van der Waals surface area contributed by atoms with E-state index in [0.29, 0.717) is 5.75 Å². The van der Waals surface area contributed by atoms with Crippen molar-refractivity contribution in [3.05, 3.63) is 53.6 Å². The molecule has 0 saturated heterocycles. The second-order valence-electron chi connectivity index (χ2n) is 4.80. The van der Waals surface area contributed by atoms with Crippen molar-refractivity contribution in [1.82, 2.24) is 10.9 Å². The summed E-state index contributed by atoms with van der Waals surface area (Å²) in [5.74, 6) is 10.4. The molecule has 1 aliphatic carbocycles. The van der Waals surface area contributed by atoms with Crippen LogP contribution in [0.25, 0.3) is 11.1 Å². The fraction of sp³-hybridized carbons (Fsp3) is 0.0667. The molecule has 0 heterocycles. The molecule has 0 aliphatic heterocycles. The highest BCUT2D eigenvalue weighted by molar-refractivity contribution is 5.81. The molecule has 8 nitrogen and oxygen atoms in total. The van der Waals surface area contributed by atoms with E-state index in [2.05, 4.69) is 0 Å². The number of carbonyl (C=O) groups is 2. The van der Waals surface area contributed by atoms with Crippen LogP contribution in [0.5, 0.6) is 5.75 Å². The van der Waals surface area contributed by atoms with Gasteiger partial charge in [-0.1, -0.05) is 30.3 Å². The van der Waals surface area contributed by atoms with Crippen LogP contribution in [0, 0.1) is 0 Å². The van der Waals surface area contributed by atoms with Gasteiger partial charge in [-0.3, -0.25) is 10.9 Å². The van der Waals surface area contributed by atoms with Crippen LogP contribution < -0.4 is 27.3 Å². The normalized spacial score (nSPS) is 14.4. The Morgan fingerprint density at radius 2 is 1.61 bits per heavy atom. The summed E-state index contributed by atoms with van der Waals surface area (Å²) in [5.41, 5.74) is 7.12. The molecule has 2 aromatic carbocycles. The second kappa shape index (κ2) is 5.95. The van der Waals surface area contributed by atoms with E-state index in [-0.39, 0.29) is 0 Å². The van der Waals surface area contributed by atoms with Crippen molar-refractivity contribution in [1.29, 1.82) is 0 Å². The van der Waals surface area contributed by atoms with E-state index in [1.807, 2.05) is 35.1 Å². The van der Waals surface area contributed by atoms with Crippen LogP contribution in [-0.2, 0) is 4.74 Å². The summed E-state index contributed by atoms with van der Waals surface area (Å²) >= 11 is 0.